The van der Waals surface area contributed by atoms with E-state index in [1.165, 1.54) is 24.7 Å². The first-order valence-corrected chi connectivity index (χ1v) is 9.20. The number of carbonyl (C=O) groups is 1. The number of alkyl halides is 3. The normalized spacial score (nSPS) is 17.3. The minimum Gasteiger partial charge on any atom is -0.337 e. The number of hydrogen-bond acceptors (Lipinski definition) is 4. The number of benzene rings is 1. The number of likely N-dealkylation sites (tertiary alicyclic amines) is 1. The van der Waals surface area contributed by atoms with Crippen LogP contribution in [0.4, 0.5) is 13.2 Å². The van der Waals surface area contributed by atoms with E-state index in [1.807, 2.05) is 0 Å². The highest BCUT2D eigenvalue weighted by atomic mass is 19.4. The van der Waals surface area contributed by atoms with Gasteiger partial charge in [0.15, 0.2) is 0 Å². The molecular weight excluding hydrogens is 383 g/mol. The van der Waals surface area contributed by atoms with Gasteiger partial charge in [-0.05, 0) is 31.0 Å². The molecule has 1 N–H and O–H groups in total. The lowest BCUT2D eigenvalue weighted by molar-refractivity contribution is -0.137. The minimum atomic E-state index is -4.43. The molecule has 0 unspecified atom stereocenters. The van der Waals surface area contributed by atoms with Gasteiger partial charge in [0.1, 0.15) is 5.69 Å². The van der Waals surface area contributed by atoms with Gasteiger partial charge in [0, 0.05) is 43.2 Å². The van der Waals surface area contributed by atoms with E-state index in [4.69, 9.17) is 0 Å². The summed E-state index contributed by atoms with van der Waals surface area (Å²) in [7, 11) is 0. The standard InChI is InChI=1S/C20H18F3N5O/c21-20(22,23)15-5-1-3-13(11-15)17-18(25-9-8-24-17)14-4-2-10-28(12-14)19(29)16-6-7-26-27-16/h1,3,5-9,11,14H,2,4,10,12H2,(H,26,27)/t14-/m1/s1. The van der Waals surface area contributed by atoms with Gasteiger partial charge in [0.25, 0.3) is 5.91 Å². The monoisotopic (exact) mass is 401 g/mol. The van der Waals surface area contributed by atoms with E-state index in [2.05, 4.69) is 20.2 Å². The van der Waals surface area contributed by atoms with Crippen LogP contribution < -0.4 is 0 Å². The summed E-state index contributed by atoms with van der Waals surface area (Å²) in [6.07, 6.45) is 1.62. The van der Waals surface area contributed by atoms with Gasteiger partial charge >= 0.3 is 6.18 Å². The first kappa shape index (κ1) is 19.1. The molecule has 29 heavy (non-hydrogen) atoms. The van der Waals surface area contributed by atoms with Crippen LogP contribution in [0.5, 0.6) is 0 Å². The zero-order chi connectivity index (χ0) is 20.4. The summed E-state index contributed by atoms with van der Waals surface area (Å²) in [5.74, 6) is -0.273. The number of H-pyrrole nitrogens is 1. The number of rotatable bonds is 3. The van der Waals surface area contributed by atoms with Gasteiger partial charge in [-0.25, -0.2) is 0 Å². The molecular formula is C20H18F3N5O. The van der Waals surface area contributed by atoms with Crippen molar-refractivity contribution >= 4 is 5.91 Å². The Kier molecular flexibility index (Phi) is 5.04. The van der Waals surface area contributed by atoms with Gasteiger partial charge in [0.2, 0.25) is 0 Å². The number of nitrogens with zero attached hydrogens (tertiary/aromatic N) is 4. The molecule has 0 saturated carbocycles. The molecule has 4 rings (SSSR count). The van der Waals surface area contributed by atoms with Crippen molar-refractivity contribution in [3.05, 3.63) is 65.9 Å². The van der Waals surface area contributed by atoms with Gasteiger partial charge < -0.3 is 4.90 Å². The Morgan fingerprint density at radius 1 is 1.14 bits per heavy atom. The average molecular weight is 401 g/mol. The smallest absolute Gasteiger partial charge is 0.337 e. The number of hydrogen-bond donors (Lipinski definition) is 1. The summed E-state index contributed by atoms with van der Waals surface area (Å²) in [4.78, 5) is 23.1. The number of nitrogens with one attached hydrogen (secondary N) is 1. The van der Waals surface area contributed by atoms with Crippen LogP contribution in [0.2, 0.25) is 0 Å². The van der Waals surface area contributed by atoms with Crippen LogP contribution in [0.25, 0.3) is 11.3 Å². The van der Waals surface area contributed by atoms with Gasteiger partial charge in [-0.3, -0.25) is 19.9 Å². The highest BCUT2D eigenvalue weighted by molar-refractivity contribution is 5.92. The molecule has 1 aliphatic heterocycles. The third-order valence-corrected chi connectivity index (χ3v) is 5.02. The molecule has 9 heteroatoms. The summed E-state index contributed by atoms with van der Waals surface area (Å²) in [6.45, 7) is 1.02. The van der Waals surface area contributed by atoms with Crippen molar-refractivity contribution in [2.24, 2.45) is 0 Å². The Labute approximate surface area is 164 Å². The van der Waals surface area contributed by atoms with Gasteiger partial charge in [-0.15, -0.1) is 0 Å². The van der Waals surface area contributed by atoms with Gasteiger partial charge in [-0.2, -0.15) is 18.3 Å². The fourth-order valence-corrected chi connectivity index (χ4v) is 3.64. The Morgan fingerprint density at radius 2 is 1.97 bits per heavy atom. The maximum atomic E-state index is 13.1. The van der Waals surface area contributed by atoms with Crippen LogP contribution in [0, 0.1) is 0 Å². The largest absolute Gasteiger partial charge is 0.416 e. The third-order valence-electron chi connectivity index (χ3n) is 5.02. The van der Waals surface area contributed by atoms with Crippen molar-refractivity contribution in [1.82, 2.24) is 25.1 Å². The molecule has 1 amide bonds. The molecule has 0 bridgehead atoms. The highest BCUT2D eigenvalue weighted by Gasteiger charge is 2.32. The predicted molar refractivity (Wildman–Crippen MR) is 98.9 cm³/mol. The SMILES string of the molecule is O=C(c1ccn[nH]1)N1CCC[C@@H](c2nccnc2-c2cccc(C(F)(F)F)c2)C1. The molecule has 6 nitrogen and oxygen atoms in total. The second kappa shape index (κ2) is 7.65. The molecule has 1 aliphatic rings. The number of amides is 1. The predicted octanol–water partition coefficient (Wildman–Crippen LogP) is 3.91. The van der Waals surface area contributed by atoms with Crippen LogP contribution in [-0.4, -0.2) is 44.1 Å². The first-order valence-electron chi connectivity index (χ1n) is 9.20. The van der Waals surface area contributed by atoms with E-state index in [1.54, 1.807) is 17.0 Å². The molecule has 1 fully saturated rings. The van der Waals surface area contributed by atoms with Crippen LogP contribution in [0.15, 0.2) is 48.9 Å². The van der Waals surface area contributed by atoms with Crippen molar-refractivity contribution in [3.63, 3.8) is 0 Å². The highest BCUT2D eigenvalue weighted by Crippen LogP contribution is 2.35. The van der Waals surface area contributed by atoms with E-state index >= 15 is 0 Å². The van der Waals surface area contributed by atoms with E-state index in [9.17, 15) is 18.0 Å². The molecule has 1 atom stereocenters. The lowest BCUT2D eigenvalue weighted by Crippen LogP contribution is -2.39. The minimum absolute atomic E-state index is 0.117. The van der Waals surface area contributed by atoms with Gasteiger partial charge in [-0.1, -0.05) is 12.1 Å². The van der Waals surface area contributed by atoms with E-state index in [-0.39, 0.29) is 11.8 Å². The van der Waals surface area contributed by atoms with Gasteiger partial charge in [0.05, 0.1) is 17.0 Å². The lowest BCUT2D eigenvalue weighted by Gasteiger charge is -2.32. The first-order chi connectivity index (χ1) is 13.9. The fraction of sp³-hybridized carbons (Fsp3) is 0.300. The molecule has 3 aromatic rings. The summed E-state index contributed by atoms with van der Waals surface area (Å²) < 4.78 is 39.4. The van der Waals surface area contributed by atoms with Crippen LogP contribution in [-0.2, 0) is 6.18 Å². The Morgan fingerprint density at radius 3 is 2.72 bits per heavy atom. The van der Waals surface area contributed by atoms with Crippen LogP contribution in [0.1, 0.15) is 40.5 Å². The van der Waals surface area contributed by atoms with Crippen molar-refractivity contribution < 1.29 is 18.0 Å². The number of piperidine rings is 1. The number of halogens is 3. The molecule has 150 valence electrons. The molecule has 1 aromatic carbocycles. The summed E-state index contributed by atoms with van der Waals surface area (Å²) >= 11 is 0. The molecule has 3 heterocycles. The molecule has 0 radical (unpaired) electrons. The van der Waals surface area contributed by atoms with Crippen molar-refractivity contribution in [2.45, 2.75) is 24.9 Å². The van der Waals surface area contributed by atoms with Crippen LogP contribution >= 0.6 is 0 Å². The maximum Gasteiger partial charge on any atom is 0.416 e. The number of aromatic amines is 1. The Bertz CT molecular complexity index is 1000. The quantitative estimate of drug-likeness (QED) is 0.722. The zero-order valence-electron chi connectivity index (χ0n) is 15.4. The second-order valence-electron chi connectivity index (χ2n) is 6.93. The number of carbonyl (C=O) groups excluding carboxylic acids is 1. The summed E-state index contributed by atoms with van der Waals surface area (Å²) in [6, 6.07) is 6.70. The van der Waals surface area contributed by atoms with E-state index in [0.717, 1.165) is 25.0 Å². The Hall–Kier alpha value is -3.23. The Balaban J connectivity index is 1.64. The molecule has 0 aliphatic carbocycles. The fourth-order valence-electron chi connectivity index (χ4n) is 3.64. The van der Waals surface area contributed by atoms with E-state index < -0.39 is 11.7 Å². The maximum absolute atomic E-state index is 13.1. The van der Waals surface area contributed by atoms with E-state index in [0.29, 0.717) is 35.7 Å². The summed E-state index contributed by atoms with van der Waals surface area (Å²) in [5.41, 5.74) is 1.06. The molecule has 1 saturated heterocycles. The number of aromatic nitrogens is 4. The summed E-state index contributed by atoms with van der Waals surface area (Å²) in [5, 5.41) is 6.48. The van der Waals surface area contributed by atoms with Crippen molar-refractivity contribution in [3.8, 4) is 11.3 Å². The van der Waals surface area contributed by atoms with Crippen LogP contribution in [0.3, 0.4) is 0 Å². The zero-order valence-corrected chi connectivity index (χ0v) is 15.4. The third kappa shape index (κ3) is 3.98. The van der Waals surface area contributed by atoms with Crippen molar-refractivity contribution in [2.75, 3.05) is 13.1 Å². The van der Waals surface area contributed by atoms with Crippen molar-refractivity contribution in [1.29, 1.82) is 0 Å². The topological polar surface area (TPSA) is 74.8 Å². The lowest BCUT2D eigenvalue weighted by atomic mass is 9.91. The second-order valence-corrected chi connectivity index (χ2v) is 6.93. The molecule has 2 aromatic heterocycles. The average Bonchev–Trinajstić information content (AvgIpc) is 3.28. The molecule has 0 spiro atoms.